The molecule has 0 saturated heterocycles. The van der Waals surface area contributed by atoms with Crippen molar-refractivity contribution in [2.75, 3.05) is 34.2 Å². The lowest BCUT2D eigenvalue weighted by Gasteiger charge is -2.28. The fourth-order valence-corrected chi connectivity index (χ4v) is 2.65. The molecule has 18 heavy (non-hydrogen) atoms. The Kier molecular flexibility index (Phi) is 4.20. The minimum Gasteiger partial charge on any atom is -0.493 e. The predicted octanol–water partition coefficient (Wildman–Crippen LogP) is 1.12. The summed E-state index contributed by atoms with van der Waals surface area (Å²) in [7, 11) is 2.31. The maximum atomic E-state index is 11.0. The second-order valence-corrected chi connectivity index (χ2v) is 5.86. The highest BCUT2D eigenvalue weighted by molar-refractivity contribution is 7.85. The Morgan fingerprint density at radius 3 is 2.17 bits per heavy atom. The van der Waals surface area contributed by atoms with Crippen molar-refractivity contribution < 1.29 is 22.4 Å². The largest absolute Gasteiger partial charge is 0.493 e. The van der Waals surface area contributed by atoms with Crippen molar-refractivity contribution in [1.29, 1.82) is 0 Å². The first-order valence-electron chi connectivity index (χ1n) is 5.20. The van der Waals surface area contributed by atoms with E-state index in [1.165, 1.54) is 14.2 Å². The van der Waals surface area contributed by atoms with Gasteiger partial charge in [0, 0.05) is 12.1 Å². The third-order valence-electron chi connectivity index (χ3n) is 2.55. The maximum Gasteiger partial charge on any atom is 0.316 e. The van der Waals surface area contributed by atoms with Crippen LogP contribution >= 0.6 is 0 Å². The van der Waals surface area contributed by atoms with Gasteiger partial charge in [0.25, 0.3) is 0 Å². The lowest BCUT2D eigenvalue weighted by atomic mass is 10.2. The summed E-state index contributed by atoms with van der Waals surface area (Å²) in [6, 6.07) is 5.11. The topological polar surface area (TPSA) is 72.8 Å². The first-order chi connectivity index (χ1) is 8.19. The highest BCUT2D eigenvalue weighted by Crippen LogP contribution is 2.33. The molecule has 0 bridgehead atoms. The van der Waals surface area contributed by atoms with Gasteiger partial charge in [0.2, 0.25) is 5.88 Å². The van der Waals surface area contributed by atoms with E-state index < -0.39 is 16.0 Å². The Balaban J connectivity index is 3.17. The Bertz CT molecular complexity index is 524. The number of rotatable bonds is 5. The Hall–Kier alpha value is -1.31. The van der Waals surface area contributed by atoms with Gasteiger partial charge in [0.1, 0.15) is 5.69 Å². The van der Waals surface area contributed by atoms with Gasteiger partial charge >= 0.3 is 10.1 Å². The smallest absolute Gasteiger partial charge is 0.316 e. The fraction of sp³-hybridized carbons (Fsp3) is 0.455. The van der Waals surface area contributed by atoms with Gasteiger partial charge in [0.15, 0.2) is 11.5 Å². The maximum absolute atomic E-state index is 11.0. The summed E-state index contributed by atoms with van der Waals surface area (Å²) in [5.41, 5.74) is 0.685. The third-order valence-corrected chi connectivity index (χ3v) is 3.52. The van der Waals surface area contributed by atoms with Crippen molar-refractivity contribution >= 4 is 15.8 Å². The molecule has 0 fully saturated rings. The summed E-state index contributed by atoms with van der Waals surface area (Å²) in [6.45, 7) is 0. The van der Waals surface area contributed by atoms with Crippen molar-refractivity contribution in [1.82, 2.24) is 4.48 Å². The zero-order valence-electron chi connectivity index (χ0n) is 10.9. The zero-order valence-corrected chi connectivity index (χ0v) is 11.7. The molecule has 102 valence electrons. The second-order valence-electron chi connectivity index (χ2n) is 4.44. The zero-order chi connectivity index (χ0) is 14.0. The molecule has 7 heteroatoms. The molecule has 1 N–H and O–H groups in total. The first-order valence-corrected chi connectivity index (χ1v) is 6.81. The van der Waals surface area contributed by atoms with Crippen molar-refractivity contribution in [2.45, 2.75) is 0 Å². The highest BCUT2D eigenvalue weighted by Gasteiger charge is 2.27. The van der Waals surface area contributed by atoms with Gasteiger partial charge in [0.05, 0.1) is 28.3 Å². The molecule has 6 nitrogen and oxygen atoms in total. The number of quaternary nitrogens is 1. The molecular weight excluding hydrogens is 258 g/mol. The molecule has 0 unspecified atom stereocenters. The van der Waals surface area contributed by atoms with Crippen molar-refractivity contribution in [3.05, 3.63) is 18.2 Å². The van der Waals surface area contributed by atoms with E-state index in [-0.39, 0.29) is 4.48 Å². The molecule has 0 aliphatic heterocycles. The van der Waals surface area contributed by atoms with E-state index in [0.717, 1.165) is 0 Å². The number of benzene rings is 1. The SMILES string of the molecule is COc1ccc([N+](C)(C)CS(=O)(=O)O)cc1OC. The molecule has 0 aromatic heterocycles. The lowest BCUT2D eigenvalue weighted by molar-refractivity contribution is 0.352. The normalized spacial score (nSPS) is 12.3. The minimum atomic E-state index is -4.07. The van der Waals surface area contributed by atoms with Gasteiger partial charge in [-0.05, 0) is 6.07 Å². The average molecular weight is 276 g/mol. The van der Waals surface area contributed by atoms with Crippen LogP contribution in [0.3, 0.4) is 0 Å². The molecular formula is C11H18NO5S+. The standard InChI is InChI=1S/C11H17NO5S/c1-12(2,8-18(13,14)15)9-5-6-10(16-3)11(7-9)17-4/h5-7H,8H2,1-4H3/p+1. The highest BCUT2D eigenvalue weighted by atomic mass is 32.2. The minimum absolute atomic E-state index is 0.0147. The molecule has 0 aliphatic carbocycles. The Labute approximate surface area is 107 Å². The lowest BCUT2D eigenvalue weighted by Crippen LogP contribution is -2.44. The van der Waals surface area contributed by atoms with Gasteiger partial charge in [-0.25, -0.2) is 0 Å². The third kappa shape index (κ3) is 3.59. The Morgan fingerprint density at radius 1 is 1.17 bits per heavy atom. The van der Waals surface area contributed by atoms with Crippen LogP contribution in [0.1, 0.15) is 0 Å². The van der Waals surface area contributed by atoms with Crippen LogP contribution < -0.4 is 14.0 Å². The second kappa shape index (κ2) is 5.13. The number of hydrogen-bond acceptors (Lipinski definition) is 4. The van der Waals surface area contributed by atoms with Crippen LogP contribution in [0, 0.1) is 0 Å². The average Bonchev–Trinajstić information content (AvgIpc) is 2.24. The Morgan fingerprint density at radius 2 is 1.72 bits per heavy atom. The van der Waals surface area contributed by atoms with Gasteiger partial charge in [-0.1, -0.05) is 0 Å². The fourth-order valence-electron chi connectivity index (χ4n) is 1.68. The molecule has 0 atom stereocenters. The van der Waals surface area contributed by atoms with E-state index in [4.69, 9.17) is 14.0 Å². The van der Waals surface area contributed by atoms with E-state index in [9.17, 15) is 8.42 Å². The van der Waals surface area contributed by atoms with Crippen molar-refractivity contribution in [3.8, 4) is 11.5 Å². The van der Waals surface area contributed by atoms with Gasteiger partial charge in [-0.3, -0.25) is 9.04 Å². The molecule has 0 saturated carbocycles. The van der Waals surface area contributed by atoms with Crippen LogP contribution in [0.15, 0.2) is 18.2 Å². The van der Waals surface area contributed by atoms with E-state index in [0.29, 0.717) is 17.2 Å². The molecule has 0 aliphatic rings. The molecule has 0 heterocycles. The van der Waals surface area contributed by atoms with Crippen LogP contribution in [-0.2, 0) is 10.1 Å². The van der Waals surface area contributed by atoms with Crippen molar-refractivity contribution in [3.63, 3.8) is 0 Å². The monoisotopic (exact) mass is 276 g/mol. The van der Waals surface area contributed by atoms with Crippen LogP contribution in [0.4, 0.5) is 5.69 Å². The summed E-state index contributed by atoms with van der Waals surface area (Å²) >= 11 is 0. The van der Waals surface area contributed by atoms with E-state index in [1.54, 1.807) is 32.3 Å². The number of hydrogen-bond donors (Lipinski definition) is 1. The van der Waals surface area contributed by atoms with E-state index in [2.05, 4.69) is 0 Å². The number of nitrogens with zero attached hydrogens (tertiary/aromatic N) is 1. The molecule has 0 radical (unpaired) electrons. The number of methoxy groups -OCH3 is 2. The first kappa shape index (κ1) is 14.7. The summed E-state index contributed by atoms with van der Waals surface area (Å²) in [5.74, 6) is 0.660. The summed E-state index contributed by atoms with van der Waals surface area (Å²) < 4.78 is 41.2. The summed E-state index contributed by atoms with van der Waals surface area (Å²) in [4.78, 5) is 0. The van der Waals surface area contributed by atoms with Crippen LogP contribution in [0.2, 0.25) is 0 Å². The molecule has 1 aromatic carbocycles. The summed E-state index contributed by atoms with van der Waals surface area (Å²) in [6.07, 6.45) is 0. The van der Waals surface area contributed by atoms with Gasteiger partial charge in [-0.2, -0.15) is 8.42 Å². The van der Waals surface area contributed by atoms with Crippen molar-refractivity contribution in [2.24, 2.45) is 0 Å². The van der Waals surface area contributed by atoms with E-state index in [1.807, 2.05) is 0 Å². The van der Waals surface area contributed by atoms with Crippen LogP contribution in [0.25, 0.3) is 0 Å². The molecule has 1 rings (SSSR count). The van der Waals surface area contributed by atoms with Crippen LogP contribution in [-0.4, -0.2) is 47.2 Å². The molecule has 1 aromatic rings. The quantitative estimate of drug-likeness (QED) is 0.644. The van der Waals surface area contributed by atoms with Gasteiger partial charge < -0.3 is 9.47 Å². The summed E-state index contributed by atoms with van der Waals surface area (Å²) in [5, 5.41) is 0. The number of ether oxygens (including phenoxy) is 2. The molecule has 0 amide bonds. The van der Waals surface area contributed by atoms with Gasteiger partial charge in [-0.15, -0.1) is 0 Å². The van der Waals surface area contributed by atoms with E-state index >= 15 is 0 Å². The predicted molar refractivity (Wildman–Crippen MR) is 69.6 cm³/mol. The molecule has 0 spiro atoms. The van der Waals surface area contributed by atoms with Crippen LogP contribution in [0.5, 0.6) is 11.5 Å².